The molecular weight excluding hydrogens is 258 g/mol. The summed E-state index contributed by atoms with van der Waals surface area (Å²) in [6.45, 7) is 0. The number of hydrogen-bond acceptors (Lipinski definition) is 3. The van der Waals surface area contributed by atoms with Gasteiger partial charge in [-0.25, -0.2) is 14.6 Å². The van der Waals surface area contributed by atoms with E-state index in [1.54, 1.807) is 0 Å². The number of carbonyl (C=O) groups is 2. The normalized spacial score (nSPS) is 9.80. The number of hydrogen-bond donors (Lipinski definition) is 2. The second-order valence-electron chi connectivity index (χ2n) is 3.98. The molecule has 0 radical (unpaired) electrons. The zero-order valence-electron chi connectivity index (χ0n) is 10.4. The van der Waals surface area contributed by atoms with Crippen LogP contribution in [-0.2, 0) is 9.59 Å². The lowest BCUT2D eigenvalue weighted by molar-refractivity contribution is -0.159. The smallest absolute Gasteiger partial charge is 0.414 e. The van der Waals surface area contributed by atoms with Crippen LogP contribution >= 0.6 is 0 Å². The van der Waals surface area contributed by atoms with Crippen molar-refractivity contribution in [3.63, 3.8) is 0 Å². The molecule has 2 N–H and O–H groups in total. The first kappa shape index (κ1) is 13.5. The Labute approximate surface area is 114 Å². The van der Waals surface area contributed by atoms with E-state index in [9.17, 15) is 0 Å². The zero-order chi connectivity index (χ0) is 14.5. The summed E-state index contributed by atoms with van der Waals surface area (Å²) in [5.41, 5.74) is 2.12. The maximum Gasteiger partial charge on any atom is 0.414 e. The number of benzene rings is 2. The van der Waals surface area contributed by atoms with Gasteiger partial charge in [0.25, 0.3) is 0 Å². The quantitative estimate of drug-likeness (QED) is 0.483. The van der Waals surface area contributed by atoms with Crippen molar-refractivity contribution in [2.75, 3.05) is 0 Å². The highest BCUT2D eigenvalue weighted by Gasteiger charge is 2.04. The first-order valence-corrected chi connectivity index (χ1v) is 5.78. The van der Waals surface area contributed by atoms with Crippen LogP contribution in [0.3, 0.4) is 0 Å². The number of carboxylic acids is 2. The van der Waals surface area contributed by atoms with Gasteiger partial charge in [-0.05, 0) is 18.2 Å². The third kappa shape index (κ3) is 3.08. The van der Waals surface area contributed by atoms with Gasteiger partial charge in [0.15, 0.2) is 0 Å². The van der Waals surface area contributed by atoms with Crippen molar-refractivity contribution < 1.29 is 19.8 Å². The lowest BCUT2D eigenvalue weighted by atomic mass is 10.1. The molecule has 3 rings (SSSR count). The molecule has 0 saturated carbocycles. The summed E-state index contributed by atoms with van der Waals surface area (Å²) in [5.74, 6) is -3.65. The van der Waals surface area contributed by atoms with Crippen LogP contribution in [-0.4, -0.2) is 27.1 Å². The summed E-state index contributed by atoms with van der Waals surface area (Å²) in [7, 11) is 0. The Bertz CT molecular complexity index is 666. The van der Waals surface area contributed by atoms with Gasteiger partial charge in [0, 0.05) is 10.8 Å². The number of rotatable bonds is 0. The number of carboxylic acid groups (broad SMARTS) is 2. The summed E-state index contributed by atoms with van der Waals surface area (Å²) in [5, 5.41) is 17.2. The molecule has 0 spiro atoms. The summed E-state index contributed by atoms with van der Waals surface area (Å²) in [6, 6.07) is 18.6. The SMILES string of the molecule is O=C(O)C(=O)O.c1ccc2nc3ccccc3cc2c1. The Morgan fingerprint density at radius 2 is 1.15 bits per heavy atom. The topological polar surface area (TPSA) is 87.5 Å². The molecule has 0 unspecified atom stereocenters. The van der Waals surface area contributed by atoms with Gasteiger partial charge >= 0.3 is 11.9 Å². The molecule has 2 aromatic carbocycles. The van der Waals surface area contributed by atoms with Crippen molar-refractivity contribution in [1.82, 2.24) is 4.98 Å². The molecule has 0 aliphatic carbocycles. The highest BCUT2D eigenvalue weighted by atomic mass is 16.4. The third-order valence-electron chi connectivity index (χ3n) is 2.61. The van der Waals surface area contributed by atoms with Gasteiger partial charge in [0.2, 0.25) is 0 Å². The van der Waals surface area contributed by atoms with Crippen molar-refractivity contribution in [2.24, 2.45) is 0 Å². The van der Waals surface area contributed by atoms with E-state index < -0.39 is 11.9 Å². The Morgan fingerprint density at radius 1 is 0.750 bits per heavy atom. The minimum atomic E-state index is -1.82. The summed E-state index contributed by atoms with van der Waals surface area (Å²) < 4.78 is 0. The van der Waals surface area contributed by atoms with Crippen molar-refractivity contribution >= 4 is 33.7 Å². The maximum absolute atomic E-state index is 9.10. The molecule has 0 saturated heterocycles. The molecule has 0 bridgehead atoms. The number of pyridine rings is 1. The van der Waals surface area contributed by atoms with Crippen molar-refractivity contribution in [3.8, 4) is 0 Å². The van der Waals surface area contributed by atoms with E-state index in [-0.39, 0.29) is 0 Å². The second kappa shape index (κ2) is 5.79. The molecule has 3 aromatic rings. The minimum absolute atomic E-state index is 1.06. The highest BCUT2D eigenvalue weighted by molar-refractivity contribution is 6.27. The number of nitrogens with zero attached hydrogens (tertiary/aromatic N) is 1. The lowest BCUT2D eigenvalue weighted by Crippen LogP contribution is -2.09. The molecule has 0 amide bonds. The molecular formula is C15H11NO4. The van der Waals surface area contributed by atoms with Gasteiger partial charge in [-0.2, -0.15) is 0 Å². The fraction of sp³-hybridized carbons (Fsp3) is 0. The van der Waals surface area contributed by atoms with Crippen molar-refractivity contribution in [2.45, 2.75) is 0 Å². The van der Waals surface area contributed by atoms with E-state index >= 15 is 0 Å². The molecule has 0 aliphatic heterocycles. The molecule has 0 aliphatic rings. The highest BCUT2D eigenvalue weighted by Crippen LogP contribution is 2.18. The van der Waals surface area contributed by atoms with Crippen molar-refractivity contribution in [1.29, 1.82) is 0 Å². The van der Waals surface area contributed by atoms with E-state index in [4.69, 9.17) is 19.8 Å². The van der Waals surface area contributed by atoms with E-state index in [1.165, 1.54) is 10.8 Å². The van der Waals surface area contributed by atoms with E-state index in [0.717, 1.165) is 11.0 Å². The Morgan fingerprint density at radius 3 is 1.55 bits per heavy atom. The third-order valence-corrected chi connectivity index (χ3v) is 2.61. The first-order valence-electron chi connectivity index (χ1n) is 5.78. The van der Waals surface area contributed by atoms with Crippen molar-refractivity contribution in [3.05, 3.63) is 54.6 Å². The standard InChI is InChI=1S/C13H9N.C2H2O4/c1-3-7-12-10(5-1)9-11-6-2-4-8-13(11)14-12;3-1(4)2(5)6/h1-9H;(H,3,4)(H,5,6). The van der Waals surface area contributed by atoms with Gasteiger partial charge < -0.3 is 10.2 Å². The van der Waals surface area contributed by atoms with E-state index in [1.807, 2.05) is 36.4 Å². The molecule has 5 heteroatoms. The van der Waals surface area contributed by atoms with E-state index in [2.05, 4.69) is 23.2 Å². The molecule has 0 fully saturated rings. The molecule has 0 atom stereocenters. The predicted octanol–water partition coefficient (Wildman–Crippen LogP) is 2.54. The average Bonchev–Trinajstić information content (AvgIpc) is 2.45. The Hall–Kier alpha value is -2.95. The molecule has 1 aromatic heterocycles. The number of aliphatic carboxylic acids is 2. The van der Waals surface area contributed by atoms with Crippen LogP contribution in [0.5, 0.6) is 0 Å². The van der Waals surface area contributed by atoms with Crippen LogP contribution in [0.25, 0.3) is 21.8 Å². The molecule has 100 valence electrons. The van der Waals surface area contributed by atoms with E-state index in [0.29, 0.717) is 0 Å². The summed E-state index contributed by atoms with van der Waals surface area (Å²) in [4.78, 5) is 22.8. The summed E-state index contributed by atoms with van der Waals surface area (Å²) in [6.07, 6.45) is 0. The Kier molecular flexibility index (Phi) is 3.91. The van der Waals surface area contributed by atoms with Crippen LogP contribution in [0.4, 0.5) is 0 Å². The zero-order valence-corrected chi connectivity index (χ0v) is 10.4. The number of fused-ring (bicyclic) bond motifs is 2. The Balaban J connectivity index is 0.000000212. The number of para-hydroxylation sites is 2. The van der Waals surface area contributed by atoms with Gasteiger partial charge in [-0.3, -0.25) is 0 Å². The largest absolute Gasteiger partial charge is 0.473 e. The first-order chi connectivity index (χ1) is 9.58. The fourth-order valence-electron chi connectivity index (χ4n) is 1.72. The van der Waals surface area contributed by atoms with Gasteiger partial charge in [-0.15, -0.1) is 0 Å². The lowest BCUT2D eigenvalue weighted by Gasteiger charge is -1.99. The van der Waals surface area contributed by atoms with Gasteiger partial charge in [0.05, 0.1) is 11.0 Å². The van der Waals surface area contributed by atoms with Gasteiger partial charge in [0.1, 0.15) is 0 Å². The monoisotopic (exact) mass is 269 g/mol. The number of aromatic nitrogens is 1. The minimum Gasteiger partial charge on any atom is -0.473 e. The molecule has 1 heterocycles. The van der Waals surface area contributed by atoms with Crippen LogP contribution in [0.2, 0.25) is 0 Å². The van der Waals surface area contributed by atoms with Crippen LogP contribution in [0.1, 0.15) is 0 Å². The molecule has 20 heavy (non-hydrogen) atoms. The fourth-order valence-corrected chi connectivity index (χ4v) is 1.72. The predicted molar refractivity (Wildman–Crippen MR) is 74.5 cm³/mol. The second-order valence-corrected chi connectivity index (χ2v) is 3.98. The van der Waals surface area contributed by atoms with Crippen LogP contribution < -0.4 is 0 Å². The molecule has 5 nitrogen and oxygen atoms in total. The summed E-state index contributed by atoms with van der Waals surface area (Å²) >= 11 is 0. The maximum atomic E-state index is 9.10. The van der Waals surface area contributed by atoms with Gasteiger partial charge in [-0.1, -0.05) is 36.4 Å². The van der Waals surface area contributed by atoms with Crippen LogP contribution in [0, 0.1) is 0 Å². The van der Waals surface area contributed by atoms with Crippen LogP contribution in [0.15, 0.2) is 54.6 Å². The average molecular weight is 269 g/mol.